The van der Waals surface area contributed by atoms with Crippen molar-refractivity contribution in [2.75, 3.05) is 5.73 Å². The first-order valence-corrected chi connectivity index (χ1v) is 8.46. The number of para-hydroxylation sites is 1. The molecule has 1 aromatic heterocycles. The highest BCUT2D eigenvalue weighted by Gasteiger charge is 2.15. The largest absolute Gasteiger partial charge is 0.506 e. The zero-order valence-corrected chi connectivity index (χ0v) is 13.7. The number of benzene rings is 3. The number of nitrogen functional groups attached to an aromatic ring is 1. The van der Waals surface area contributed by atoms with Crippen molar-refractivity contribution in [3.63, 3.8) is 0 Å². The number of aromatic nitrogens is 1. The smallest absolute Gasteiger partial charge is 0.138 e. The lowest BCUT2D eigenvalue weighted by atomic mass is 10.1. The molecule has 118 valence electrons. The molecule has 3 nitrogen and oxygen atoms in total. The third-order valence-corrected chi connectivity index (χ3v) is 5.07. The van der Waals surface area contributed by atoms with Gasteiger partial charge in [-0.25, -0.2) is 0 Å². The topological polar surface area (TPSA) is 62.0 Å². The van der Waals surface area contributed by atoms with Crippen LogP contribution >= 0.6 is 11.8 Å². The molecule has 0 aliphatic heterocycles. The lowest BCUT2D eigenvalue weighted by Gasteiger charge is -2.07. The molecule has 0 radical (unpaired) electrons. The first kappa shape index (κ1) is 14.7. The molecule has 0 saturated carbocycles. The molecule has 24 heavy (non-hydrogen) atoms. The Labute approximate surface area is 144 Å². The summed E-state index contributed by atoms with van der Waals surface area (Å²) in [6.07, 6.45) is 0. The highest BCUT2D eigenvalue weighted by Crippen LogP contribution is 2.42. The van der Waals surface area contributed by atoms with Gasteiger partial charge in [-0.3, -0.25) is 0 Å². The Balaban J connectivity index is 1.91. The highest BCUT2D eigenvalue weighted by atomic mass is 32.2. The van der Waals surface area contributed by atoms with Crippen molar-refractivity contribution in [1.82, 2.24) is 4.98 Å². The summed E-state index contributed by atoms with van der Waals surface area (Å²) < 4.78 is 0. The Bertz CT molecular complexity index is 1010. The van der Waals surface area contributed by atoms with E-state index in [1.165, 1.54) is 10.3 Å². The average molecular weight is 332 g/mol. The van der Waals surface area contributed by atoms with Crippen molar-refractivity contribution in [3.8, 4) is 17.0 Å². The summed E-state index contributed by atoms with van der Waals surface area (Å²) in [6.45, 7) is 0. The molecular formula is C20H16N2OS. The molecule has 0 unspecified atom stereocenters. The highest BCUT2D eigenvalue weighted by molar-refractivity contribution is 7.99. The molecule has 4 N–H and O–H groups in total. The number of hydrogen-bond acceptors (Lipinski definition) is 3. The Kier molecular flexibility index (Phi) is 3.67. The monoisotopic (exact) mass is 332 g/mol. The average Bonchev–Trinajstić information content (AvgIpc) is 2.97. The van der Waals surface area contributed by atoms with Gasteiger partial charge in [0.1, 0.15) is 5.75 Å². The zero-order valence-electron chi connectivity index (χ0n) is 12.9. The second-order valence-corrected chi connectivity index (χ2v) is 6.65. The standard InChI is InChI=1S/C20H16N2OS/c21-16-12-13(10-11-18(16)23)19-20(24-14-6-2-1-3-7-14)15-8-4-5-9-17(15)22-19/h1-12,22-23H,21H2. The third-order valence-electron chi connectivity index (χ3n) is 3.94. The van der Waals surface area contributed by atoms with Gasteiger partial charge in [0.15, 0.2) is 0 Å². The first-order chi connectivity index (χ1) is 11.7. The van der Waals surface area contributed by atoms with Crippen LogP contribution < -0.4 is 5.73 Å². The number of anilines is 1. The van der Waals surface area contributed by atoms with Gasteiger partial charge in [-0.2, -0.15) is 0 Å². The summed E-state index contributed by atoms with van der Waals surface area (Å²) in [7, 11) is 0. The minimum atomic E-state index is 0.104. The summed E-state index contributed by atoms with van der Waals surface area (Å²) in [4.78, 5) is 5.82. The lowest BCUT2D eigenvalue weighted by molar-refractivity contribution is 0.478. The minimum absolute atomic E-state index is 0.104. The van der Waals surface area contributed by atoms with E-state index in [-0.39, 0.29) is 5.75 Å². The number of nitrogens with one attached hydrogen (secondary N) is 1. The van der Waals surface area contributed by atoms with Crippen LogP contribution in [-0.4, -0.2) is 10.1 Å². The first-order valence-electron chi connectivity index (χ1n) is 7.65. The van der Waals surface area contributed by atoms with Crippen molar-refractivity contribution >= 4 is 28.4 Å². The molecule has 4 rings (SSSR count). The van der Waals surface area contributed by atoms with Crippen molar-refractivity contribution < 1.29 is 5.11 Å². The molecule has 0 spiro atoms. The van der Waals surface area contributed by atoms with E-state index in [9.17, 15) is 5.11 Å². The molecule has 0 amide bonds. The number of rotatable bonds is 3. The van der Waals surface area contributed by atoms with Gasteiger partial charge in [0.05, 0.1) is 11.4 Å². The second kappa shape index (κ2) is 5.98. The van der Waals surface area contributed by atoms with Gasteiger partial charge >= 0.3 is 0 Å². The van der Waals surface area contributed by atoms with Crippen LogP contribution in [0, 0.1) is 0 Å². The van der Waals surface area contributed by atoms with Crippen molar-refractivity contribution in [2.24, 2.45) is 0 Å². The van der Waals surface area contributed by atoms with Crippen molar-refractivity contribution in [2.45, 2.75) is 9.79 Å². The maximum absolute atomic E-state index is 9.69. The van der Waals surface area contributed by atoms with Crippen LogP contribution in [0.5, 0.6) is 5.75 Å². The van der Waals surface area contributed by atoms with E-state index in [0.29, 0.717) is 5.69 Å². The molecule has 0 atom stereocenters. The van der Waals surface area contributed by atoms with Crippen LogP contribution in [-0.2, 0) is 0 Å². The van der Waals surface area contributed by atoms with E-state index in [4.69, 9.17) is 5.73 Å². The summed E-state index contributed by atoms with van der Waals surface area (Å²) in [6, 6.07) is 23.8. The quantitative estimate of drug-likeness (QED) is 0.353. The van der Waals surface area contributed by atoms with Gasteiger partial charge in [-0.1, -0.05) is 48.2 Å². The van der Waals surface area contributed by atoms with Gasteiger partial charge in [-0.05, 0) is 36.4 Å². The van der Waals surface area contributed by atoms with Gasteiger partial charge < -0.3 is 15.8 Å². The van der Waals surface area contributed by atoms with Crippen LogP contribution in [0.25, 0.3) is 22.2 Å². The predicted molar refractivity (Wildman–Crippen MR) is 100 cm³/mol. The zero-order chi connectivity index (χ0) is 16.5. The summed E-state index contributed by atoms with van der Waals surface area (Å²) >= 11 is 1.72. The van der Waals surface area contributed by atoms with Crippen molar-refractivity contribution in [3.05, 3.63) is 72.8 Å². The summed E-state index contributed by atoms with van der Waals surface area (Å²) in [5, 5.41) is 10.9. The fraction of sp³-hybridized carbons (Fsp3) is 0. The lowest BCUT2D eigenvalue weighted by Crippen LogP contribution is -1.88. The Morgan fingerprint density at radius 1 is 0.875 bits per heavy atom. The van der Waals surface area contributed by atoms with E-state index in [2.05, 4.69) is 29.2 Å². The van der Waals surface area contributed by atoms with Crippen LogP contribution in [0.4, 0.5) is 5.69 Å². The fourth-order valence-corrected chi connectivity index (χ4v) is 3.83. The molecule has 4 aromatic rings. The molecule has 3 aromatic carbocycles. The Hall–Kier alpha value is -2.85. The summed E-state index contributed by atoms with van der Waals surface area (Å²) in [5.41, 5.74) is 9.31. The number of fused-ring (bicyclic) bond motifs is 1. The SMILES string of the molecule is Nc1cc(-c2[nH]c3ccccc3c2Sc2ccccc2)ccc1O. The molecule has 4 heteroatoms. The minimum Gasteiger partial charge on any atom is -0.506 e. The van der Waals surface area contributed by atoms with Crippen molar-refractivity contribution in [1.29, 1.82) is 0 Å². The van der Waals surface area contributed by atoms with Crippen LogP contribution in [0.15, 0.2) is 82.6 Å². The maximum atomic E-state index is 9.69. The Morgan fingerprint density at radius 3 is 2.42 bits per heavy atom. The molecular weight excluding hydrogens is 316 g/mol. The Morgan fingerprint density at radius 2 is 1.62 bits per heavy atom. The van der Waals surface area contributed by atoms with Gasteiger partial charge in [0.2, 0.25) is 0 Å². The maximum Gasteiger partial charge on any atom is 0.138 e. The van der Waals surface area contributed by atoms with E-state index in [1.54, 1.807) is 23.9 Å². The predicted octanol–water partition coefficient (Wildman–Crippen LogP) is 5.27. The number of nitrogens with two attached hydrogens (primary N) is 1. The third kappa shape index (κ3) is 2.61. The normalized spacial score (nSPS) is 11.0. The van der Waals surface area contributed by atoms with Gasteiger partial charge in [-0.15, -0.1) is 0 Å². The number of aromatic amines is 1. The molecule has 0 bridgehead atoms. The van der Waals surface area contributed by atoms with Gasteiger partial charge in [0.25, 0.3) is 0 Å². The van der Waals surface area contributed by atoms with E-state index in [1.807, 2.05) is 36.4 Å². The number of aromatic hydroxyl groups is 1. The summed E-state index contributed by atoms with van der Waals surface area (Å²) in [5.74, 6) is 0.104. The molecule has 0 aliphatic rings. The molecule has 0 saturated heterocycles. The van der Waals surface area contributed by atoms with Gasteiger partial charge in [0, 0.05) is 26.3 Å². The number of hydrogen-bond donors (Lipinski definition) is 3. The fourth-order valence-electron chi connectivity index (χ4n) is 2.74. The molecule has 0 fully saturated rings. The number of phenols is 1. The van der Waals surface area contributed by atoms with E-state index >= 15 is 0 Å². The number of H-pyrrole nitrogens is 1. The van der Waals surface area contributed by atoms with E-state index in [0.717, 1.165) is 21.7 Å². The van der Waals surface area contributed by atoms with Crippen LogP contribution in [0.3, 0.4) is 0 Å². The second-order valence-electron chi connectivity index (χ2n) is 5.56. The molecule has 0 aliphatic carbocycles. The van der Waals surface area contributed by atoms with E-state index < -0.39 is 0 Å². The number of phenolic OH excluding ortho intramolecular Hbond substituents is 1. The van der Waals surface area contributed by atoms with Crippen LogP contribution in [0.2, 0.25) is 0 Å². The molecule has 1 heterocycles. The van der Waals surface area contributed by atoms with Crippen LogP contribution in [0.1, 0.15) is 0 Å².